The van der Waals surface area contributed by atoms with Gasteiger partial charge in [0, 0.05) is 0 Å². The number of nitrogen functional groups attached to an aromatic ring is 2. The van der Waals surface area contributed by atoms with Gasteiger partial charge in [-0.2, -0.15) is 44.7 Å². The van der Waals surface area contributed by atoms with Crippen LogP contribution in [0.15, 0.2) is 93.5 Å². The molecule has 282 valence electrons. The lowest BCUT2D eigenvalue weighted by atomic mass is 10.2. The third-order valence-electron chi connectivity index (χ3n) is 8.11. The summed E-state index contributed by atoms with van der Waals surface area (Å²) in [6.07, 6.45) is 2.63. The largest absolute Gasteiger partial charge is 0.467 e. The SMILES string of the molecule is COC(=O)c1cnn(-c2ccccc2)c1/N=N/c1c(C)nn(-c2nc(OC)nc(-n3nc(C)c(/N=N/c4c(C(=O)CO)cnn4-c4ccccc4)c3N)n2)c1N. The zero-order valence-electron chi connectivity index (χ0n) is 30.1. The Morgan fingerprint density at radius 3 is 1.59 bits per heavy atom. The second-order valence-corrected chi connectivity index (χ2v) is 11.6. The minimum Gasteiger partial charge on any atom is -0.467 e. The van der Waals surface area contributed by atoms with Gasteiger partial charge in [-0.3, -0.25) is 4.79 Å². The smallest absolute Gasteiger partial charge is 0.343 e. The summed E-state index contributed by atoms with van der Waals surface area (Å²) in [6, 6.07) is 17.9. The lowest BCUT2D eigenvalue weighted by Crippen LogP contribution is -2.14. The zero-order valence-corrected chi connectivity index (χ0v) is 30.1. The number of azo groups is 2. The van der Waals surface area contributed by atoms with Gasteiger partial charge in [0.05, 0.1) is 54.9 Å². The van der Waals surface area contributed by atoms with Crippen LogP contribution in [-0.2, 0) is 4.74 Å². The predicted molar refractivity (Wildman–Crippen MR) is 197 cm³/mol. The maximum Gasteiger partial charge on any atom is 0.343 e. The molecule has 7 rings (SSSR count). The highest BCUT2D eigenvalue weighted by atomic mass is 16.5. The first-order valence-electron chi connectivity index (χ1n) is 16.5. The molecule has 5 heterocycles. The minimum absolute atomic E-state index is 0.0155. The van der Waals surface area contributed by atoms with Crippen LogP contribution in [-0.4, -0.2) is 91.8 Å². The fraction of sp³-hybridized carbons (Fsp3) is 0.147. The maximum absolute atomic E-state index is 12.6. The summed E-state index contributed by atoms with van der Waals surface area (Å²) in [4.78, 5) is 38.3. The van der Waals surface area contributed by atoms with Crippen molar-refractivity contribution in [2.45, 2.75) is 13.8 Å². The zero-order chi connectivity index (χ0) is 39.5. The van der Waals surface area contributed by atoms with Crippen molar-refractivity contribution in [3.63, 3.8) is 0 Å². The number of methoxy groups -OCH3 is 2. The Kier molecular flexibility index (Phi) is 9.84. The van der Waals surface area contributed by atoms with Gasteiger partial charge < -0.3 is 26.0 Å². The highest BCUT2D eigenvalue weighted by Crippen LogP contribution is 2.34. The molecule has 0 aliphatic rings. The molecule has 22 nitrogen and oxygen atoms in total. The molecule has 56 heavy (non-hydrogen) atoms. The van der Waals surface area contributed by atoms with E-state index in [-0.39, 0.29) is 63.7 Å². The van der Waals surface area contributed by atoms with Crippen molar-refractivity contribution in [1.82, 2.24) is 54.1 Å². The molecule has 0 unspecified atom stereocenters. The third-order valence-corrected chi connectivity index (χ3v) is 8.11. The number of aromatic nitrogens is 11. The van der Waals surface area contributed by atoms with Gasteiger partial charge in [0.25, 0.3) is 11.9 Å². The first-order valence-corrected chi connectivity index (χ1v) is 16.5. The van der Waals surface area contributed by atoms with Crippen LogP contribution in [0.3, 0.4) is 0 Å². The molecule has 7 aromatic rings. The van der Waals surface area contributed by atoms with E-state index in [1.165, 1.54) is 45.3 Å². The van der Waals surface area contributed by atoms with Crippen LogP contribution < -0.4 is 16.2 Å². The number of aliphatic hydroxyl groups excluding tert-OH is 1. The second kappa shape index (κ2) is 15.2. The fourth-order valence-electron chi connectivity index (χ4n) is 5.37. The third kappa shape index (κ3) is 6.69. The number of aryl methyl sites for hydroxylation is 2. The predicted octanol–water partition coefficient (Wildman–Crippen LogP) is 4.20. The molecule has 0 spiro atoms. The summed E-state index contributed by atoms with van der Waals surface area (Å²) in [6.45, 7) is 2.52. The van der Waals surface area contributed by atoms with Gasteiger partial charge in [-0.25, -0.2) is 14.2 Å². The van der Waals surface area contributed by atoms with Crippen molar-refractivity contribution in [3.8, 4) is 29.3 Å². The Balaban J connectivity index is 1.25. The van der Waals surface area contributed by atoms with Crippen LogP contribution in [0.4, 0.5) is 34.6 Å². The number of nitrogens with two attached hydrogens (primary N) is 2. The lowest BCUT2D eigenvalue weighted by molar-refractivity contribution is 0.0601. The Labute approximate surface area is 315 Å². The second-order valence-electron chi connectivity index (χ2n) is 11.6. The average molecular weight is 758 g/mol. The number of anilines is 2. The van der Waals surface area contributed by atoms with Crippen LogP contribution in [0.2, 0.25) is 0 Å². The summed E-state index contributed by atoms with van der Waals surface area (Å²) >= 11 is 0. The normalized spacial score (nSPS) is 11.5. The van der Waals surface area contributed by atoms with Crippen LogP contribution in [0.25, 0.3) is 23.3 Å². The Bertz CT molecular complexity index is 2470. The number of carbonyl (C=O) groups is 2. The van der Waals surface area contributed by atoms with Crippen LogP contribution in [0.1, 0.15) is 32.1 Å². The minimum atomic E-state index is -0.757. The molecule has 0 fully saturated rings. The van der Waals surface area contributed by atoms with Crippen molar-refractivity contribution in [3.05, 3.63) is 95.6 Å². The van der Waals surface area contributed by atoms with Gasteiger partial charge in [0.15, 0.2) is 40.4 Å². The number of Topliss-reactive ketones (excluding diaryl/α,β-unsaturated/α-hetero) is 1. The number of carbonyl (C=O) groups excluding carboxylic acids is 2. The number of hydrogen-bond donors (Lipinski definition) is 3. The van der Waals surface area contributed by atoms with E-state index >= 15 is 0 Å². The van der Waals surface area contributed by atoms with E-state index in [9.17, 15) is 14.7 Å². The highest BCUT2D eigenvalue weighted by Gasteiger charge is 2.24. The van der Waals surface area contributed by atoms with Crippen LogP contribution in [0, 0.1) is 13.8 Å². The number of nitrogens with zero attached hydrogens (tertiary/aromatic N) is 15. The molecule has 0 amide bonds. The van der Waals surface area contributed by atoms with E-state index in [1.807, 2.05) is 24.3 Å². The van der Waals surface area contributed by atoms with Gasteiger partial charge in [0.1, 0.15) is 12.2 Å². The molecule has 0 atom stereocenters. The van der Waals surface area contributed by atoms with E-state index in [4.69, 9.17) is 20.9 Å². The van der Waals surface area contributed by atoms with Crippen molar-refractivity contribution in [2.75, 3.05) is 32.3 Å². The van der Waals surface area contributed by atoms with Gasteiger partial charge >= 0.3 is 12.0 Å². The van der Waals surface area contributed by atoms with Crippen molar-refractivity contribution < 1.29 is 24.2 Å². The molecular formula is C34H31N17O5. The summed E-state index contributed by atoms with van der Waals surface area (Å²) in [5.41, 5.74) is 15.4. The number of ether oxygens (including phenoxy) is 2. The number of hydrogen-bond acceptors (Lipinski definition) is 18. The molecule has 0 saturated carbocycles. The maximum atomic E-state index is 12.6. The van der Waals surface area contributed by atoms with E-state index in [0.29, 0.717) is 22.8 Å². The summed E-state index contributed by atoms with van der Waals surface area (Å²) in [5, 5.41) is 44.4. The number of esters is 1. The quantitative estimate of drug-likeness (QED) is 0.0895. The molecule has 5 N–H and O–H groups in total. The van der Waals surface area contributed by atoms with Crippen molar-refractivity contribution in [2.24, 2.45) is 20.5 Å². The highest BCUT2D eigenvalue weighted by molar-refractivity contribution is 6.00. The van der Waals surface area contributed by atoms with Gasteiger partial charge in [-0.1, -0.05) is 36.4 Å². The monoisotopic (exact) mass is 757 g/mol. The van der Waals surface area contributed by atoms with Crippen LogP contribution >= 0.6 is 0 Å². The van der Waals surface area contributed by atoms with Gasteiger partial charge in [0.2, 0.25) is 0 Å². The van der Waals surface area contributed by atoms with E-state index in [2.05, 4.69) is 55.8 Å². The number of rotatable bonds is 12. The van der Waals surface area contributed by atoms with E-state index in [1.54, 1.807) is 50.2 Å². The molecule has 2 aromatic carbocycles. The van der Waals surface area contributed by atoms with Gasteiger partial charge in [-0.15, -0.1) is 20.5 Å². The Morgan fingerprint density at radius 1 is 0.679 bits per heavy atom. The standard InChI is InChI=1S/C34H31N17O5/c1-18-25(42-44-29-22(24(53)17-52)15-37-48(29)20-11-7-5-8-12-20)27(35)50(46-18)32-39-33(41-34(40-32)56-4)51-28(36)26(19(2)47-51)43-45-30-23(31(54)55-3)16-38-49(30)21-13-9-6-10-14-21/h5-16,52H,17,35-36H2,1-4H3/b44-42+,45-43+. The Morgan fingerprint density at radius 2 is 1.14 bits per heavy atom. The first kappa shape index (κ1) is 36.4. The molecule has 0 aliphatic carbocycles. The average Bonchev–Trinajstić information content (AvgIpc) is 3.99. The van der Waals surface area contributed by atoms with Crippen LogP contribution in [0.5, 0.6) is 6.01 Å². The number of ketones is 1. The molecule has 0 bridgehead atoms. The molecular weight excluding hydrogens is 726 g/mol. The first-order chi connectivity index (χ1) is 27.1. The van der Waals surface area contributed by atoms with E-state index < -0.39 is 18.4 Å². The summed E-state index contributed by atoms with van der Waals surface area (Å²) in [7, 11) is 2.60. The molecule has 0 saturated heterocycles. The lowest BCUT2D eigenvalue weighted by Gasteiger charge is -2.08. The topological polar surface area (TPSA) is 284 Å². The number of benzene rings is 2. The van der Waals surface area contributed by atoms with E-state index in [0.717, 1.165) is 0 Å². The summed E-state index contributed by atoms with van der Waals surface area (Å²) in [5.74, 6) is -1.33. The summed E-state index contributed by atoms with van der Waals surface area (Å²) < 4.78 is 15.5. The number of para-hydroxylation sites is 2. The fourth-order valence-corrected chi connectivity index (χ4v) is 5.37. The number of aliphatic hydroxyl groups is 1. The van der Waals surface area contributed by atoms with Crippen molar-refractivity contribution in [1.29, 1.82) is 0 Å². The molecule has 0 aliphatic heterocycles. The van der Waals surface area contributed by atoms with Gasteiger partial charge in [-0.05, 0) is 38.1 Å². The molecule has 0 radical (unpaired) electrons. The Hall–Kier alpha value is -8.01. The molecule has 22 heteroatoms. The molecule has 5 aromatic heterocycles. The van der Waals surface area contributed by atoms with Crippen molar-refractivity contribution >= 4 is 46.4 Å².